The topological polar surface area (TPSA) is 127 Å². The number of hydrogen-bond donors (Lipinski definition) is 3. The van der Waals surface area contributed by atoms with Gasteiger partial charge in [-0.3, -0.25) is 9.78 Å². The summed E-state index contributed by atoms with van der Waals surface area (Å²) in [5.74, 6) is 1.20. The molecule has 2 aromatic carbocycles. The van der Waals surface area contributed by atoms with E-state index in [-0.39, 0.29) is 30.5 Å². The van der Waals surface area contributed by atoms with E-state index in [0.717, 1.165) is 48.7 Å². The first-order valence-corrected chi connectivity index (χ1v) is 14.9. The van der Waals surface area contributed by atoms with Crippen molar-refractivity contribution in [3.8, 4) is 11.5 Å². The summed E-state index contributed by atoms with van der Waals surface area (Å²) in [6, 6.07) is 13.8. The van der Waals surface area contributed by atoms with Crippen LogP contribution in [0, 0.1) is 5.82 Å². The van der Waals surface area contributed by atoms with Gasteiger partial charge >= 0.3 is 0 Å². The lowest BCUT2D eigenvalue weighted by Gasteiger charge is -2.13. The second-order valence-electron chi connectivity index (χ2n) is 9.89. The van der Waals surface area contributed by atoms with Crippen LogP contribution in [0.15, 0.2) is 54.7 Å². The molecule has 1 amide bonds. The number of fused-ring (bicyclic) bond motifs is 1. The number of sulfonamides is 1. The summed E-state index contributed by atoms with van der Waals surface area (Å²) in [6.45, 7) is 0.190. The first kappa shape index (κ1) is 27.5. The van der Waals surface area contributed by atoms with Crippen molar-refractivity contribution in [2.75, 3.05) is 24.7 Å². The fourth-order valence-electron chi connectivity index (χ4n) is 4.89. The van der Waals surface area contributed by atoms with Crippen LogP contribution < -0.4 is 20.1 Å². The lowest BCUT2D eigenvalue weighted by atomic mass is 9.96. The average molecular weight is 567 g/mol. The summed E-state index contributed by atoms with van der Waals surface area (Å²) in [4.78, 5) is 21.2. The van der Waals surface area contributed by atoms with Gasteiger partial charge in [0.1, 0.15) is 23.0 Å². The third-order valence-corrected chi connectivity index (χ3v) is 7.60. The van der Waals surface area contributed by atoms with Gasteiger partial charge in [-0.25, -0.2) is 22.5 Å². The molecule has 10 nitrogen and oxygen atoms in total. The Bertz CT molecular complexity index is 1650. The average Bonchev–Trinajstić information content (AvgIpc) is 3.56. The van der Waals surface area contributed by atoms with Crippen LogP contribution in [0.1, 0.15) is 47.7 Å². The number of nitrogens with one attached hydrogen (secondary N) is 3. The molecule has 1 aliphatic carbocycles. The van der Waals surface area contributed by atoms with Crippen molar-refractivity contribution in [2.24, 2.45) is 7.05 Å². The second kappa shape index (κ2) is 11.6. The van der Waals surface area contributed by atoms with Gasteiger partial charge in [-0.1, -0.05) is 12.8 Å². The van der Waals surface area contributed by atoms with E-state index in [1.54, 1.807) is 24.3 Å². The number of rotatable bonds is 10. The molecule has 0 atom stereocenters. The predicted molar refractivity (Wildman–Crippen MR) is 151 cm³/mol. The van der Waals surface area contributed by atoms with E-state index in [1.165, 1.54) is 18.3 Å². The maximum Gasteiger partial charge on any atom is 0.270 e. The molecule has 1 fully saturated rings. The minimum Gasteiger partial charge on any atom is -0.457 e. The van der Waals surface area contributed by atoms with E-state index < -0.39 is 15.9 Å². The highest BCUT2D eigenvalue weighted by Crippen LogP contribution is 2.37. The zero-order valence-electron chi connectivity index (χ0n) is 22.3. The zero-order valence-corrected chi connectivity index (χ0v) is 23.1. The molecule has 2 aromatic heterocycles. The molecule has 0 saturated heterocycles. The van der Waals surface area contributed by atoms with Crippen LogP contribution in [0.3, 0.4) is 0 Å². The van der Waals surface area contributed by atoms with E-state index in [4.69, 9.17) is 9.72 Å². The van der Waals surface area contributed by atoms with Crippen LogP contribution in [0.4, 0.5) is 16.0 Å². The number of nitrogens with zero attached hydrogens (tertiary/aromatic N) is 3. The summed E-state index contributed by atoms with van der Waals surface area (Å²) < 4.78 is 47.0. The first-order valence-electron chi connectivity index (χ1n) is 13.1. The highest BCUT2D eigenvalue weighted by atomic mass is 32.2. The van der Waals surface area contributed by atoms with E-state index >= 15 is 0 Å². The number of pyridine rings is 1. The maximum atomic E-state index is 14.5. The number of imidazole rings is 1. The molecule has 1 saturated carbocycles. The zero-order chi connectivity index (χ0) is 28.3. The summed E-state index contributed by atoms with van der Waals surface area (Å²) >= 11 is 0. The Kier molecular flexibility index (Phi) is 7.99. The van der Waals surface area contributed by atoms with E-state index in [9.17, 15) is 17.6 Å². The summed E-state index contributed by atoms with van der Waals surface area (Å²) in [5.41, 5.74) is 3.26. The van der Waals surface area contributed by atoms with Crippen molar-refractivity contribution < 1.29 is 22.3 Å². The normalized spacial score (nSPS) is 14.0. The van der Waals surface area contributed by atoms with Crippen molar-refractivity contribution in [2.45, 2.75) is 31.6 Å². The van der Waals surface area contributed by atoms with Crippen LogP contribution in [0.5, 0.6) is 11.5 Å². The third kappa shape index (κ3) is 6.57. The molecule has 5 rings (SSSR count). The van der Waals surface area contributed by atoms with Crippen molar-refractivity contribution >= 4 is 38.6 Å². The number of carbonyl (C=O) groups is 1. The molecular weight excluding hydrogens is 535 g/mol. The van der Waals surface area contributed by atoms with Gasteiger partial charge in [-0.15, -0.1) is 0 Å². The van der Waals surface area contributed by atoms with Crippen molar-refractivity contribution in [1.29, 1.82) is 0 Å². The lowest BCUT2D eigenvalue weighted by molar-refractivity contribution is 0.0949. The highest BCUT2D eigenvalue weighted by Gasteiger charge is 2.21. The van der Waals surface area contributed by atoms with E-state index in [1.807, 2.05) is 23.7 Å². The Morgan fingerprint density at radius 1 is 1.07 bits per heavy atom. The SMILES string of the molecule is Cn1c(Nc2ccc(F)c(C3CCCC3)c2)nc2cc(Oc3ccnc(C(=O)NCCNS(C)(=O)=O)c3)ccc21. The molecule has 0 bridgehead atoms. The van der Waals surface area contributed by atoms with Gasteiger partial charge in [0.15, 0.2) is 0 Å². The highest BCUT2D eigenvalue weighted by molar-refractivity contribution is 7.88. The number of benzene rings is 2. The van der Waals surface area contributed by atoms with Gasteiger partial charge < -0.3 is 19.9 Å². The quantitative estimate of drug-likeness (QED) is 0.240. The van der Waals surface area contributed by atoms with E-state index in [2.05, 4.69) is 20.3 Å². The standard InChI is InChI=1S/C28H31FN6O4S/c1-35-26-10-8-20(39-21-11-12-30-25(17-21)27(36)31-13-14-32-40(2,37)38)16-24(26)34-28(35)33-19-7-9-23(29)22(15-19)18-5-3-4-6-18/h7-12,15-18,32H,3-6,13-14H2,1-2H3,(H,31,36)(H,33,34). The molecule has 40 heavy (non-hydrogen) atoms. The fraction of sp³-hybridized carbons (Fsp3) is 0.321. The van der Waals surface area contributed by atoms with E-state index in [0.29, 0.717) is 23.0 Å². The Balaban J connectivity index is 1.28. The summed E-state index contributed by atoms with van der Waals surface area (Å²) in [7, 11) is -1.43. The Labute approximate surface area is 232 Å². The number of hydrogen-bond acceptors (Lipinski definition) is 7. The van der Waals surface area contributed by atoms with Gasteiger partial charge in [0.05, 0.1) is 17.3 Å². The molecule has 210 valence electrons. The number of ether oxygens (including phenoxy) is 1. The molecular formula is C28H31FN6O4S. The number of carbonyl (C=O) groups excluding carboxylic acids is 1. The summed E-state index contributed by atoms with van der Waals surface area (Å²) in [5, 5.41) is 5.94. The monoisotopic (exact) mass is 566 g/mol. The number of amides is 1. The lowest BCUT2D eigenvalue weighted by Crippen LogP contribution is -2.34. The van der Waals surface area contributed by atoms with Gasteiger partial charge in [0, 0.05) is 44.2 Å². The summed E-state index contributed by atoms with van der Waals surface area (Å²) in [6.07, 6.45) is 6.81. The minimum atomic E-state index is -3.33. The Morgan fingerprint density at radius 3 is 2.62 bits per heavy atom. The van der Waals surface area contributed by atoms with Crippen molar-refractivity contribution in [3.63, 3.8) is 0 Å². The molecule has 12 heteroatoms. The van der Waals surface area contributed by atoms with Crippen LogP contribution in [-0.2, 0) is 17.1 Å². The predicted octanol–water partition coefficient (Wildman–Crippen LogP) is 4.58. The first-order chi connectivity index (χ1) is 19.2. The maximum absolute atomic E-state index is 14.5. The molecule has 0 unspecified atom stereocenters. The molecule has 3 N–H and O–H groups in total. The molecule has 0 aliphatic heterocycles. The van der Waals surface area contributed by atoms with Crippen molar-refractivity contribution in [1.82, 2.24) is 24.6 Å². The number of halogens is 1. The Hall–Kier alpha value is -4.03. The number of aryl methyl sites for hydroxylation is 1. The smallest absolute Gasteiger partial charge is 0.270 e. The fourth-order valence-corrected chi connectivity index (χ4v) is 5.37. The Morgan fingerprint density at radius 2 is 1.85 bits per heavy atom. The molecule has 2 heterocycles. The van der Waals surface area contributed by atoms with Gasteiger partial charge in [0.25, 0.3) is 5.91 Å². The van der Waals surface area contributed by atoms with Gasteiger partial charge in [0.2, 0.25) is 16.0 Å². The molecule has 0 radical (unpaired) electrons. The van der Waals surface area contributed by atoms with Crippen LogP contribution in [-0.4, -0.2) is 48.2 Å². The van der Waals surface area contributed by atoms with Crippen molar-refractivity contribution in [3.05, 3.63) is 71.8 Å². The number of aromatic nitrogens is 3. The molecule has 0 spiro atoms. The largest absolute Gasteiger partial charge is 0.457 e. The van der Waals surface area contributed by atoms with Crippen LogP contribution in [0.2, 0.25) is 0 Å². The second-order valence-corrected chi connectivity index (χ2v) is 11.7. The van der Waals surface area contributed by atoms with Gasteiger partial charge in [-0.2, -0.15) is 0 Å². The van der Waals surface area contributed by atoms with Crippen LogP contribution >= 0.6 is 0 Å². The third-order valence-electron chi connectivity index (χ3n) is 6.87. The molecule has 1 aliphatic rings. The number of anilines is 2. The molecule has 4 aromatic rings. The minimum absolute atomic E-state index is 0.0739. The van der Waals surface area contributed by atoms with Gasteiger partial charge in [-0.05, 0) is 60.7 Å². The van der Waals surface area contributed by atoms with Crippen LogP contribution in [0.25, 0.3) is 11.0 Å².